The van der Waals surface area contributed by atoms with Crippen LogP contribution in [-0.2, 0) is 13.5 Å². The highest BCUT2D eigenvalue weighted by molar-refractivity contribution is 5.80. The summed E-state index contributed by atoms with van der Waals surface area (Å²) in [6.07, 6.45) is 1.89. The summed E-state index contributed by atoms with van der Waals surface area (Å²) < 4.78 is 34.3. The minimum absolute atomic E-state index is 0.189. The molecule has 0 radical (unpaired) electrons. The quantitative estimate of drug-likeness (QED) is 0.842. The van der Waals surface area contributed by atoms with E-state index in [4.69, 9.17) is 10.5 Å². The largest absolute Gasteiger partial charge is 0.492 e. The number of rotatable bonds is 1. The van der Waals surface area contributed by atoms with E-state index in [0.29, 0.717) is 30.0 Å². The Hall–Kier alpha value is -2.11. The van der Waals surface area contributed by atoms with Gasteiger partial charge >= 0.3 is 0 Å². The molecule has 18 heavy (non-hydrogen) atoms. The molecule has 1 aromatic carbocycles. The van der Waals surface area contributed by atoms with Crippen molar-refractivity contribution in [3.8, 4) is 16.9 Å². The topological polar surface area (TPSA) is 53.1 Å². The molecule has 2 heterocycles. The van der Waals surface area contributed by atoms with Crippen molar-refractivity contribution >= 4 is 5.82 Å². The molecule has 1 aliphatic heterocycles. The van der Waals surface area contributed by atoms with E-state index in [-0.39, 0.29) is 11.3 Å². The zero-order chi connectivity index (χ0) is 12.9. The molecule has 4 nitrogen and oxygen atoms in total. The molecule has 94 valence electrons. The van der Waals surface area contributed by atoms with E-state index in [9.17, 15) is 8.78 Å². The smallest absolute Gasteiger partial charge is 0.137 e. The highest BCUT2D eigenvalue weighted by atomic mass is 19.1. The average Bonchev–Trinajstić information content (AvgIpc) is 2.91. The van der Waals surface area contributed by atoms with Crippen molar-refractivity contribution in [2.45, 2.75) is 6.42 Å². The lowest BCUT2D eigenvalue weighted by molar-refractivity contribution is 0.356. The lowest BCUT2D eigenvalue weighted by atomic mass is 10.0. The predicted molar refractivity (Wildman–Crippen MR) is 62.2 cm³/mol. The van der Waals surface area contributed by atoms with Crippen LogP contribution in [0.5, 0.6) is 5.75 Å². The lowest BCUT2D eigenvalue weighted by Crippen LogP contribution is -2.00. The average molecular weight is 251 g/mol. The van der Waals surface area contributed by atoms with Crippen molar-refractivity contribution < 1.29 is 13.5 Å². The van der Waals surface area contributed by atoms with Crippen LogP contribution in [0.2, 0.25) is 0 Å². The summed E-state index contributed by atoms with van der Waals surface area (Å²) in [6.45, 7) is 0.350. The number of benzene rings is 1. The zero-order valence-electron chi connectivity index (χ0n) is 9.70. The van der Waals surface area contributed by atoms with Crippen LogP contribution < -0.4 is 10.5 Å². The fourth-order valence-electron chi connectivity index (χ4n) is 2.18. The zero-order valence-corrected chi connectivity index (χ0v) is 9.70. The molecular weight excluding hydrogens is 240 g/mol. The first-order valence-corrected chi connectivity index (χ1v) is 5.51. The van der Waals surface area contributed by atoms with Gasteiger partial charge in [0.25, 0.3) is 0 Å². The number of anilines is 1. The summed E-state index contributed by atoms with van der Waals surface area (Å²) in [5.41, 5.74) is 6.83. The SMILES string of the molecule is Cn1ncc(-c2c(F)cc(F)c3c2OCC3)c1N. The Labute approximate surface area is 102 Å². The van der Waals surface area contributed by atoms with Gasteiger partial charge in [-0.25, -0.2) is 8.78 Å². The van der Waals surface area contributed by atoms with Crippen molar-refractivity contribution in [1.29, 1.82) is 0 Å². The molecule has 0 atom stereocenters. The number of fused-ring (bicyclic) bond motifs is 1. The van der Waals surface area contributed by atoms with Crippen molar-refractivity contribution in [3.05, 3.63) is 29.5 Å². The first kappa shape index (κ1) is 11.0. The Morgan fingerprint density at radius 1 is 1.39 bits per heavy atom. The number of aryl methyl sites for hydroxylation is 1. The van der Waals surface area contributed by atoms with Gasteiger partial charge in [-0.15, -0.1) is 0 Å². The van der Waals surface area contributed by atoms with Crippen molar-refractivity contribution in [1.82, 2.24) is 9.78 Å². The molecule has 1 aliphatic rings. The molecule has 3 rings (SSSR count). The molecule has 0 saturated heterocycles. The molecule has 0 spiro atoms. The molecule has 0 saturated carbocycles. The van der Waals surface area contributed by atoms with Crippen molar-refractivity contribution in [3.63, 3.8) is 0 Å². The van der Waals surface area contributed by atoms with Gasteiger partial charge < -0.3 is 10.5 Å². The number of nitrogens with zero attached hydrogens (tertiary/aromatic N) is 2. The molecule has 0 bridgehead atoms. The van der Waals surface area contributed by atoms with Gasteiger partial charge in [0.05, 0.1) is 23.9 Å². The van der Waals surface area contributed by atoms with E-state index in [1.165, 1.54) is 10.9 Å². The first-order chi connectivity index (χ1) is 8.59. The summed E-state index contributed by atoms with van der Waals surface area (Å²) in [5, 5.41) is 3.96. The maximum absolute atomic E-state index is 14.0. The normalized spacial score (nSPS) is 13.5. The molecule has 2 N–H and O–H groups in total. The van der Waals surface area contributed by atoms with Gasteiger partial charge in [-0.05, 0) is 0 Å². The summed E-state index contributed by atoms with van der Waals surface area (Å²) in [4.78, 5) is 0. The second-order valence-electron chi connectivity index (χ2n) is 4.19. The number of hydrogen-bond acceptors (Lipinski definition) is 3. The predicted octanol–water partition coefficient (Wildman–Crippen LogP) is 1.88. The standard InChI is InChI=1S/C12H11F2N3O/c1-17-12(15)7(5-16-17)10-9(14)4-8(13)6-2-3-18-11(6)10/h4-5H,2-3,15H2,1H3. The Balaban J connectivity index is 2.30. The van der Waals surface area contributed by atoms with E-state index in [1.54, 1.807) is 7.05 Å². The van der Waals surface area contributed by atoms with E-state index < -0.39 is 11.6 Å². The lowest BCUT2D eigenvalue weighted by Gasteiger charge is -2.09. The Morgan fingerprint density at radius 3 is 2.83 bits per heavy atom. The van der Waals surface area contributed by atoms with Gasteiger partial charge in [-0.1, -0.05) is 0 Å². The second-order valence-corrected chi connectivity index (χ2v) is 4.19. The highest BCUT2D eigenvalue weighted by Crippen LogP contribution is 2.42. The maximum Gasteiger partial charge on any atom is 0.137 e. The molecule has 0 aliphatic carbocycles. The third kappa shape index (κ3) is 1.38. The third-order valence-electron chi connectivity index (χ3n) is 3.13. The number of nitrogens with two attached hydrogens (primary N) is 1. The van der Waals surface area contributed by atoms with Gasteiger partial charge in [0.15, 0.2) is 0 Å². The third-order valence-corrected chi connectivity index (χ3v) is 3.13. The molecule has 0 unspecified atom stereocenters. The van der Waals surface area contributed by atoms with Crippen LogP contribution in [0.25, 0.3) is 11.1 Å². The summed E-state index contributed by atoms with van der Waals surface area (Å²) >= 11 is 0. The van der Waals surface area contributed by atoms with Crippen LogP contribution in [0.3, 0.4) is 0 Å². The fourth-order valence-corrected chi connectivity index (χ4v) is 2.18. The van der Waals surface area contributed by atoms with Gasteiger partial charge in [-0.2, -0.15) is 5.10 Å². The van der Waals surface area contributed by atoms with E-state index in [1.807, 2.05) is 0 Å². The van der Waals surface area contributed by atoms with Crippen LogP contribution in [0.1, 0.15) is 5.56 Å². The van der Waals surface area contributed by atoms with Crippen LogP contribution in [0, 0.1) is 11.6 Å². The molecule has 2 aromatic rings. The van der Waals surface area contributed by atoms with E-state index in [0.717, 1.165) is 6.07 Å². The Morgan fingerprint density at radius 2 is 2.17 bits per heavy atom. The molecule has 6 heteroatoms. The molecule has 0 fully saturated rings. The number of hydrogen-bond donors (Lipinski definition) is 1. The van der Waals surface area contributed by atoms with E-state index >= 15 is 0 Å². The van der Waals surface area contributed by atoms with Gasteiger partial charge in [0.1, 0.15) is 23.2 Å². The van der Waals surface area contributed by atoms with Crippen molar-refractivity contribution in [2.24, 2.45) is 7.05 Å². The molecular formula is C12H11F2N3O. The summed E-state index contributed by atoms with van der Waals surface area (Å²) in [7, 11) is 1.65. The molecule has 0 amide bonds. The summed E-state index contributed by atoms with van der Waals surface area (Å²) in [6, 6.07) is 0.870. The van der Waals surface area contributed by atoms with Crippen LogP contribution in [0.4, 0.5) is 14.6 Å². The van der Waals surface area contributed by atoms with Crippen LogP contribution in [-0.4, -0.2) is 16.4 Å². The number of halogens is 2. The van der Waals surface area contributed by atoms with Crippen LogP contribution >= 0.6 is 0 Å². The number of nitrogen functional groups attached to an aromatic ring is 1. The maximum atomic E-state index is 14.0. The monoisotopic (exact) mass is 251 g/mol. The number of aromatic nitrogens is 2. The Kier molecular flexibility index (Phi) is 2.26. The second kappa shape index (κ2) is 3.69. The number of ether oxygens (including phenoxy) is 1. The van der Waals surface area contributed by atoms with Crippen LogP contribution in [0.15, 0.2) is 12.3 Å². The van der Waals surface area contributed by atoms with Crippen molar-refractivity contribution in [2.75, 3.05) is 12.3 Å². The Bertz CT molecular complexity index is 637. The fraction of sp³-hybridized carbons (Fsp3) is 0.250. The van der Waals surface area contributed by atoms with Gasteiger partial charge in [-0.3, -0.25) is 4.68 Å². The van der Waals surface area contributed by atoms with Gasteiger partial charge in [0.2, 0.25) is 0 Å². The first-order valence-electron chi connectivity index (χ1n) is 5.51. The minimum Gasteiger partial charge on any atom is -0.492 e. The summed E-state index contributed by atoms with van der Waals surface area (Å²) in [5.74, 6) is -0.704. The van der Waals surface area contributed by atoms with Gasteiger partial charge in [0, 0.05) is 25.1 Å². The highest BCUT2D eigenvalue weighted by Gasteiger charge is 2.27. The van der Waals surface area contributed by atoms with E-state index in [2.05, 4.69) is 5.10 Å². The minimum atomic E-state index is -0.687. The molecule has 1 aromatic heterocycles.